The highest BCUT2D eigenvalue weighted by Gasteiger charge is 2.46. The van der Waals surface area contributed by atoms with Gasteiger partial charge in [-0.25, -0.2) is 4.79 Å². The average Bonchev–Trinajstić information content (AvgIpc) is 2.51. The summed E-state index contributed by atoms with van der Waals surface area (Å²) < 4.78 is 73.7. The molecule has 0 aliphatic heterocycles. The SMILES string of the molecule is BCc1cc(CB)c(C(=O)OC(CS(=O)(=O)O)C(F)(F)F)c(CB)c1O. The summed E-state index contributed by atoms with van der Waals surface area (Å²) in [4.78, 5) is 12.4. The van der Waals surface area contributed by atoms with E-state index in [0.717, 1.165) is 0 Å². The summed E-state index contributed by atoms with van der Waals surface area (Å²) in [6.07, 6.45) is -7.30. The molecule has 0 bridgehead atoms. The Balaban J connectivity index is 3.41. The molecule has 1 aromatic rings. The third-order valence-electron chi connectivity index (χ3n) is 3.86. The van der Waals surface area contributed by atoms with Crippen molar-refractivity contribution in [3.05, 3.63) is 28.3 Å². The monoisotopic (exact) mass is 392 g/mol. The number of rotatable bonds is 7. The predicted octanol–water partition coefficient (Wildman–Crippen LogP) is -1.23. The summed E-state index contributed by atoms with van der Waals surface area (Å²) in [5.41, 5.74) is 0.850. The number of carbonyl (C=O) groups is 1. The van der Waals surface area contributed by atoms with E-state index in [0.29, 0.717) is 23.8 Å². The highest BCUT2D eigenvalue weighted by Crippen LogP contribution is 2.32. The fraction of sp³-hybridized carbons (Fsp3) is 0.462. The summed E-state index contributed by atoms with van der Waals surface area (Å²) in [6.45, 7) is 0. The van der Waals surface area contributed by atoms with Gasteiger partial charge in [0.05, 0.1) is 5.56 Å². The van der Waals surface area contributed by atoms with Gasteiger partial charge in [-0.3, -0.25) is 4.55 Å². The smallest absolute Gasteiger partial charge is 0.426 e. The van der Waals surface area contributed by atoms with Gasteiger partial charge >= 0.3 is 12.1 Å². The van der Waals surface area contributed by atoms with Gasteiger partial charge in [0.15, 0.2) is 0 Å². The van der Waals surface area contributed by atoms with Crippen LogP contribution in [0.15, 0.2) is 6.07 Å². The number of alkyl halides is 3. The maximum Gasteiger partial charge on any atom is 0.426 e. The van der Waals surface area contributed by atoms with Crippen molar-refractivity contribution in [1.29, 1.82) is 0 Å². The zero-order valence-corrected chi connectivity index (χ0v) is 15.4. The molecule has 26 heavy (non-hydrogen) atoms. The molecular weight excluding hydrogens is 374 g/mol. The van der Waals surface area contributed by atoms with Crippen LogP contribution < -0.4 is 0 Å². The second-order valence-electron chi connectivity index (χ2n) is 5.64. The minimum Gasteiger partial charge on any atom is -0.507 e. The van der Waals surface area contributed by atoms with E-state index in [1.54, 1.807) is 23.5 Å². The molecule has 13 heteroatoms. The Bertz CT molecular complexity index is 782. The molecule has 1 atom stereocenters. The Labute approximate surface area is 152 Å². The zero-order chi connectivity index (χ0) is 20.3. The van der Waals surface area contributed by atoms with E-state index < -0.39 is 34.1 Å². The summed E-state index contributed by atoms with van der Waals surface area (Å²) >= 11 is 0. The molecule has 0 aliphatic carbocycles. The van der Waals surface area contributed by atoms with Gasteiger partial charge in [-0.15, -0.1) is 0 Å². The van der Waals surface area contributed by atoms with Gasteiger partial charge in [0.1, 0.15) is 35.0 Å². The normalized spacial score (nSPS) is 13.4. The molecule has 1 aromatic carbocycles. The Morgan fingerprint density at radius 3 is 2.08 bits per heavy atom. The van der Waals surface area contributed by atoms with Gasteiger partial charge in [0.25, 0.3) is 10.1 Å². The Morgan fingerprint density at radius 1 is 1.15 bits per heavy atom. The number of benzene rings is 1. The molecule has 1 unspecified atom stereocenters. The Kier molecular flexibility index (Phi) is 7.23. The molecule has 6 nitrogen and oxygen atoms in total. The molecule has 0 spiro atoms. The fourth-order valence-electron chi connectivity index (χ4n) is 2.58. The lowest BCUT2D eigenvalue weighted by Gasteiger charge is -2.22. The van der Waals surface area contributed by atoms with Crippen LogP contribution in [0, 0.1) is 0 Å². The van der Waals surface area contributed by atoms with Crippen LogP contribution in [0.25, 0.3) is 0 Å². The quantitative estimate of drug-likeness (QED) is 0.343. The number of phenols is 1. The molecule has 0 heterocycles. The highest BCUT2D eigenvalue weighted by molar-refractivity contribution is 7.85. The Hall–Kier alpha value is -1.62. The second kappa shape index (κ2) is 8.38. The second-order valence-corrected chi connectivity index (χ2v) is 7.14. The van der Waals surface area contributed by atoms with Crippen molar-refractivity contribution in [1.82, 2.24) is 0 Å². The van der Waals surface area contributed by atoms with E-state index in [1.165, 1.54) is 6.07 Å². The largest absolute Gasteiger partial charge is 0.507 e. The van der Waals surface area contributed by atoms with Crippen molar-refractivity contribution in [2.75, 3.05) is 5.75 Å². The van der Waals surface area contributed by atoms with Crippen LogP contribution in [0.5, 0.6) is 5.75 Å². The molecule has 0 aliphatic rings. The first-order valence-electron chi connectivity index (χ1n) is 7.95. The molecular formula is C13H18B3F3O6S. The van der Waals surface area contributed by atoms with Crippen molar-refractivity contribution in [3.8, 4) is 5.75 Å². The van der Waals surface area contributed by atoms with Crippen LogP contribution in [0.2, 0.25) is 0 Å². The first-order chi connectivity index (χ1) is 11.9. The van der Waals surface area contributed by atoms with Gasteiger partial charge in [0, 0.05) is 5.56 Å². The Morgan fingerprint density at radius 2 is 1.69 bits per heavy atom. The molecule has 1 rings (SSSR count). The van der Waals surface area contributed by atoms with Crippen molar-refractivity contribution in [2.45, 2.75) is 31.2 Å². The number of phenolic OH excluding ortho intramolecular Hbond substituents is 1. The lowest BCUT2D eigenvalue weighted by Crippen LogP contribution is -2.39. The van der Waals surface area contributed by atoms with Crippen molar-refractivity contribution >= 4 is 39.6 Å². The van der Waals surface area contributed by atoms with Gasteiger partial charge in [-0.1, -0.05) is 25.0 Å². The minimum absolute atomic E-state index is 0.138. The maximum absolute atomic E-state index is 13.0. The van der Waals surface area contributed by atoms with Gasteiger partial charge in [0.2, 0.25) is 6.10 Å². The molecule has 2 N–H and O–H groups in total. The first kappa shape index (κ1) is 22.4. The molecule has 0 radical (unpaired) electrons. The number of hydrogen-bond acceptors (Lipinski definition) is 5. The van der Waals surface area contributed by atoms with E-state index in [9.17, 15) is 31.5 Å². The number of ether oxygens (including phenoxy) is 1. The van der Waals surface area contributed by atoms with Crippen LogP contribution in [0.3, 0.4) is 0 Å². The number of halogens is 3. The van der Waals surface area contributed by atoms with Crippen LogP contribution in [-0.4, -0.2) is 65.6 Å². The highest BCUT2D eigenvalue weighted by atomic mass is 32.2. The van der Waals surface area contributed by atoms with E-state index in [1.807, 2.05) is 0 Å². The van der Waals surface area contributed by atoms with Crippen molar-refractivity contribution < 1.29 is 40.8 Å². The van der Waals surface area contributed by atoms with E-state index >= 15 is 0 Å². The lowest BCUT2D eigenvalue weighted by molar-refractivity contribution is -0.197. The standard InChI is InChI=1S/C13H18B3F3O6S/c14-2-6-1-7(3-15)11(20)8(4-16)10(6)12(21)25-9(13(17,18)19)5-26(22,23)24/h1,9,20H,2-5,14-16H2,(H,22,23,24). The van der Waals surface area contributed by atoms with Crippen LogP contribution in [-0.2, 0) is 33.8 Å². The van der Waals surface area contributed by atoms with Crippen LogP contribution in [0.1, 0.15) is 27.0 Å². The molecule has 0 fully saturated rings. The summed E-state index contributed by atoms with van der Waals surface area (Å²) in [7, 11) is 0.0416. The van der Waals surface area contributed by atoms with E-state index in [4.69, 9.17) is 4.55 Å². The van der Waals surface area contributed by atoms with Crippen molar-refractivity contribution in [3.63, 3.8) is 0 Å². The van der Waals surface area contributed by atoms with Gasteiger partial charge < -0.3 is 9.84 Å². The number of aromatic hydroxyl groups is 1. The predicted molar refractivity (Wildman–Crippen MR) is 96.5 cm³/mol. The molecule has 142 valence electrons. The van der Waals surface area contributed by atoms with Gasteiger partial charge in [-0.2, -0.15) is 21.6 Å². The maximum atomic E-state index is 13.0. The van der Waals surface area contributed by atoms with E-state index in [-0.39, 0.29) is 23.2 Å². The molecule has 0 aromatic heterocycles. The van der Waals surface area contributed by atoms with Crippen LogP contribution >= 0.6 is 0 Å². The third-order valence-corrected chi connectivity index (χ3v) is 4.58. The van der Waals surface area contributed by atoms with Crippen molar-refractivity contribution in [2.24, 2.45) is 0 Å². The molecule has 0 saturated heterocycles. The zero-order valence-electron chi connectivity index (χ0n) is 14.6. The first-order valence-corrected chi connectivity index (χ1v) is 9.55. The van der Waals surface area contributed by atoms with Gasteiger partial charge in [-0.05, 0) is 11.1 Å². The number of esters is 1. The average molecular weight is 392 g/mol. The molecule has 0 saturated carbocycles. The summed E-state index contributed by atoms with van der Waals surface area (Å²) in [5.74, 6) is -3.40. The van der Waals surface area contributed by atoms with E-state index in [2.05, 4.69) is 4.74 Å². The summed E-state index contributed by atoms with van der Waals surface area (Å²) in [6, 6.07) is 1.51. The third kappa shape index (κ3) is 5.44. The molecule has 0 amide bonds. The number of carbonyl (C=O) groups excluding carboxylic acids is 1. The number of hydrogen-bond donors (Lipinski definition) is 2. The lowest BCUT2D eigenvalue weighted by atomic mass is 9.81. The fourth-order valence-corrected chi connectivity index (χ4v) is 3.22. The van der Waals surface area contributed by atoms with Crippen LogP contribution in [0.4, 0.5) is 13.2 Å². The topological polar surface area (TPSA) is 101 Å². The summed E-state index contributed by atoms with van der Waals surface area (Å²) in [5, 5.41) is 10.3. The minimum atomic E-state index is -5.18.